The first-order valence-corrected chi connectivity index (χ1v) is 8.69. The van der Waals surface area contributed by atoms with Gasteiger partial charge >= 0.3 is 0 Å². The monoisotopic (exact) mass is 307 g/mol. The number of carbonyl (C=O) groups excluding carboxylic acids is 1. The number of thioether (sulfide) groups is 1. The van der Waals surface area contributed by atoms with Crippen molar-refractivity contribution in [3.8, 4) is 0 Å². The van der Waals surface area contributed by atoms with E-state index in [1.165, 1.54) is 5.56 Å². The normalized spacial score (nSPS) is 24.1. The van der Waals surface area contributed by atoms with Gasteiger partial charge in [0.05, 0.1) is 18.6 Å². The van der Waals surface area contributed by atoms with Gasteiger partial charge in [0, 0.05) is 17.5 Å². The second kappa shape index (κ2) is 7.32. The molecule has 1 aromatic carbocycles. The summed E-state index contributed by atoms with van der Waals surface area (Å²) in [6.07, 6.45) is -0.336. The average molecular weight is 307 g/mol. The van der Waals surface area contributed by atoms with Crippen LogP contribution in [0.5, 0.6) is 0 Å². The summed E-state index contributed by atoms with van der Waals surface area (Å²) in [5, 5.41) is 10.4. The molecule has 1 aliphatic heterocycles. The number of hydrogen-bond acceptors (Lipinski definition) is 3. The first kappa shape index (κ1) is 16.4. The number of nitrogens with zero attached hydrogens (tertiary/aromatic N) is 1. The van der Waals surface area contributed by atoms with Crippen LogP contribution >= 0.6 is 11.8 Å². The topological polar surface area (TPSA) is 40.5 Å². The summed E-state index contributed by atoms with van der Waals surface area (Å²) in [6, 6.07) is 10.3. The molecule has 2 rings (SSSR count). The summed E-state index contributed by atoms with van der Waals surface area (Å²) < 4.78 is 0. The molecule has 1 aliphatic rings. The number of benzene rings is 1. The highest BCUT2D eigenvalue weighted by molar-refractivity contribution is 8.00. The zero-order valence-corrected chi connectivity index (χ0v) is 13.8. The summed E-state index contributed by atoms with van der Waals surface area (Å²) in [6.45, 7) is 6.83. The Kier molecular flexibility index (Phi) is 5.71. The predicted octanol–water partition coefficient (Wildman–Crippen LogP) is 3.10. The third-order valence-corrected chi connectivity index (χ3v) is 5.31. The Labute approximate surface area is 131 Å². The van der Waals surface area contributed by atoms with Crippen LogP contribution in [0.2, 0.25) is 0 Å². The molecule has 3 atom stereocenters. The maximum absolute atomic E-state index is 12.6. The zero-order valence-electron chi connectivity index (χ0n) is 13.0. The fourth-order valence-electron chi connectivity index (χ4n) is 2.73. The molecule has 3 unspecified atom stereocenters. The Morgan fingerprint density at radius 3 is 2.67 bits per heavy atom. The summed E-state index contributed by atoms with van der Waals surface area (Å²) in [4.78, 5) is 14.6. The van der Waals surface area contributed by atoms with E-state index in [0.717, 1.165) is 12.3 Å². The maximum atomic E-state index is 12.6. The fourth-order valence-corrected chi connectivity index (χ4v) is 3.89. The molecule has 4 heteroatoms. The maximum Gasteiger partial charge on any atom is 0.225 e. The minimum atomic E-state index is -0.557. The molecule has 0 radical (unpaired) electrons. The molecule has 0 bridgehead atoms. The van der Waals surface area contributed by atoms with E-state index in [4.69, 9.17) is 0 Å². The van der Waals surface area contributed by atoms with Gasteiger partial charge < -0.3 is 10.0 Å². The van der Waals surface area contributed by atoms with Crippen LogP contribution in [0.4, 0.5) is 0 Å². The molecule has 1 heterocycles. The minimum absolute atomic E-state index is 0.0669. The molecule has 1 saturated heterocycles. The molecule has 116 valence electrons. The van der Waals surface area contributed by atoms with Crippen LogP contribution < -0.4 is 0 Å². The van der Waals surface area contributed by atoms with Crippen molar-refractivity contribution in [1.29, 1.82) is 0 Å². The highest BCUT2D eigenvalue weighted by Gasteiger charge is 2.34. The van der Waals surface area contributed by atoms with Crippen molar-refractivity contribution in [2.24, 2.45) is 5.92 Å². The highest BCUT2D eigenvalue weighted by Crippen LogP contribution is 2.36. The van der Waals surface area contributed by atoms with Gasteiger partial charge in [-0.15, -0.1) is 0 Å². The number of aliphatic hydroxyl groups excluding tert-OH is 1. The van der Waals surface area contributed by atoms with E-state index in [0.29, 0.717) is 5.25 Å². The van der Waals surface area contributed by atoms with E-state index in [1.54, 1.807) is 0 Å². The third-order valence-electron chi connectivity index (χ3n) is 4.11. The minimum Gasteiger partial charge on any atom is -0.392 e. The smallest absolute Gasteiger partial charge is 0.225 e. The van der Waals surface area contributed by atoms with Crippen molar-refractivity contribution in [3.63, 3.8) is 0 Å². The second-order valence-electron chi connectivity index (χ2n) is 6.03. The summed E-state index contributed by atoms with van der Waals surface area (Å²) in [5.74, 6) is 1.14. The molecular weight excluding hydrogens is 282 g/mol. The first-order valence-electron chi connectivity index (χ1n) is 7.64. The molecular formula is C17H25NO2S. The van der Waals surface area contributed by atoms with Crippen molar-refractivity contribution >= 4 is 17.7 Å². The van der Waals surface area contributed by atoms with E-state index >= 15 is 0 Å². The molecule has 3 nitrogen and oxygen atoms in total. The van der Waals surface area contributed by atoms with Gasteiger partial charge in [0.15, 0.2) is 0 Å². The Morgan fingerprint density at radius 2 is 2.05 bits per heavy atom. The summed E-state index contributed by atoms with van der Waals surface area (Å²) in [7, 11) is 0. The molecule has 0 spiro atoms. The summed E-state index contributed by atoms with van der Waals surface area (Å²) >= 11 is 1.91. The predicted molar refractivity (Wildman–Crippen MR) is 88.3 cm³/mol. The quantitative estimate of drug-likeness (QED) is 0.929. The average Bonchev–Trinajstić information content (AvgIpc) is 2.47. The molecule has 0 aromatic heterocycles. The SMILES string of the molecule is CC(C)C(O)CC(=O)N1CCSC(C)C1c1ccccc1. The number of aliphatic hydroxyl groups is 1. The van der Waals surface area contributed by atoms with E-state index in [2.05, 4.69) is 19.1 Å². The van der Waals surface area contributed by atoms with Crippen molar-refractivity contribution in [1.82, 2.24) is 4.90 Å². The van der Waals surface area contributed by atoms with E-state index in [9.17, 15) is 9.90 Å². The Hall–Kier alpha value is -1.00. The van der Waals surface area contributed by atoms with Gasteiger partial charge in [-0.1, -0.05) is 51.1 Å². The molecule has 1 fully saturated rings. The molecule has 1 aromatic rings. The second-order valence-corrected chi connectivity index (χ2v) is 7.52. The van der Waals surface area contributed by atoms with Crippen LogP contribution in [0.3, 0.4) is 0 Å². The van der Waals surface area contributed by atoms with Gasteiger partial charge in [-0.25, -0.2) is 0 Å². The molecule has 21 heavy (non-hydrogen) atoms. The van der Waals surface area contributed by atoms with Crippen molar-refractivity contribution in [3.05, 3.63) is 35.9 Å². The third kappa shape index (κ3) is 4.01. The Bertz CT molecular complexity index is 463. The van der Waals surface area contributed by atoms with Crippen LogP contribution in [0.1, 0.15) is 38.8 Å². The van der Waals surface area contributed by atoms with E-state index in [1.807, 2.05) is 48.7 Å². The zero-order chi connectivity index (χ0) is 15.4. The van der Waals surface area contributed by atoms with Gasteiger partial charge in [0.1, 0.15) is 0 Å². The van der Waals surface area contributed by atoms with Crippen LogP contribution in [-0.2, 0) is 4.79 Å². The highest BCUT2D eigenvalue weighted by atomic mass is 32.2. The lowest BCUT2D eigenvalue weighted by Crippen LogP contribution is -2.45. The number of hydrogen-bond donors (Lipinski definition) is 1. The van der Waals surface area contributed by atoms with Gasteiger partial charge in [0.2, 0.25) is 5.91 Å². The van der Waals surface area contributed by atoms with Gasteiger partial charge in [-0.05, 0) is 11.5 Å². The van der Waals surface area contributed by atoms with Crippen LogP contribution in [-0.4, -0.2) is 39.6 Å². The number of carbonyl (C=O) groups is 1. The van der Waals surface area contributed by atoms with Crippen LogP contribution in [0.25, 0.3) is 0 Å². The van der Waals surface area contributed by atoms with Gasteiger partial charge in [-0.3, -0.25) is 4.79 Å². The molecule has 1 N–H and O–H groups in total. The van der Waals surface area contributed by atoms with Crippen molar-refractivity contribution in [2.75, 3.05) is 12.3 Å². The van der Waals surface area contributed by atoms with Crippen molar-refractivity contribution < 1.29 is 9.90 Å². The lowest BCUT2D eigenvalue weighted by molar-refractivity contribution is -0.136. The fraction of sp³-hybridized carbons (Fsp3) is 0.588. The summed E-state index contributed by atoms with van der Waals surface area (Å²) in [5.41, 5.74) is 1.18. The molecule has 1 amide bonds. The van der Waals surface area contributed by atoms with Crippen molar-refractivity contribution in [2.45, 2.75) is 44.6 Å². The lowest BCUT2D eigenvalue weighted by Gasteiger charge is -2.40. The Morgan fingerprint density at radius 1 is 1.38 bits per heavy atom. The first-order chi connectivity index (χ1) is 10.0. The van der Waals surface area contributed by atoms with Crippen LogP contribution in [0.15, 0.2) is 30.3 Å². The molecule has 0 saturated carbocycles. The van der Waals surface area contributed by atoms with Gasteiger partial charge in [-0.2, -0.15) is 11.8 Å². The largest absolute Gasteiger partial charge is 0.392 e. The molecule has 0 aliphatic carbocycles. The van der Waals surface area contributed by atoms with Crippen LogP contribution in [0, 0.1) is 5.92 Å². The Balaban J connectivity index is 2.17. The number of amides is 1. The van der Waals surface area contributed by atoms with E-state index < -0.39 is 6.10 Å². The lowest BCUT2D eigenvalue weighted by atomic mass is 9.99. The van der Waals surface area contributed by atoms with Gasteiger partial charge in [0.25, 0.3) is 0 Å². The standard InChI is InChI=1S/C17H25NO2S/c1-12(2)15(19)11-16(20)18-9-10-21-13(3)17(18)14-7-5-4-6-8-14/h4-8,12-13,15,17,19H,9-11H2,1-3H3. The number of rotatable bonds is 4. The van der Waals surface area contributed by atoms with E-state index in [-0.39, 0.29) is 24.3 Å².